The van der Waals surface area contributed by atoms with E-state index in [1.807, 2.05) is 27.7 Å². The number of amides is 1. The van der Waals surface area contributed by atoms with Gasteiger partial charge in [-0.05, 0) is 39.7 Å². The molecule has 0 aromatic carbocycles. The monoisotopic (exact) mass is 210 g/mol. The van der Waals surface area contributed by atoms with Gasteiger partial charge in [0.25, 0.3) is 0 Å². The maximum atomic E-state index is 11.4. The summed E-state index contributed by atoms with van der Waals surface area (Å²) in [5.74, 6) is 0. The normalized spacial score (nSPS) is 16.5. The molecular formula is C11H18N2O2. The van der Waals surface area contributed by atoms with Crippen molar-refractivity contribution in [2.24, 2.45) is 4.99 Å². The van der Waals surface area contributed by atoms with Gasteiger partial charge < -0.3 is 4.74 Å². The molecule has 1 aliphatic heterocycles. The lowest BCUT2D eigenvalue weighted by Crippen LogP contribution is -2.33. The van der Waals surface area contributed by atoms with Crippen molar-refractivity contribution < 1.29 is 9.53 Å². The van der Waals surface area contributed by atoms with Gasteiger partial charge in [-0.2, -0.15) is 0 Å². The molecule has 0 unspecified atom stereocenters. The van der Waals surface area contributed by atoms with Crippen LogP contribution in [0.25, 0.3) is 0 Å². The van der Waals surface area contributed by atoms with E-state index >= 15 is 0 Å². The molecule has 0 spiro atoms. The molecular weight excluding hydrogens is 192 g/mol. The molecule has 1 rings (SSSR count). The van der Waals surface area contributed by atoms with E-state index in [-0.39, 0.29) is 0 Å². The van der Waals surface area contributed by atoms with E-state index in [9.17, 15) is 4.79 Å². The minimum atomic E-state index is -0.468. The first kappa shape index (κ1) is 11.8. The van der Waals surface area contributed by atoms with Crippen molar-refractivity contribution >= 4 is 12.3 Å². The van der Waals surface area contributed by atoms with Crippen LogP contribution in [-0.2, 0) is 4.74 Å². The molecule has 84 valence electrons. The van der Waals surface area contributed by atoms with E-state index in [2.05, 4.69) is 10.3 Å². The van der Waals surface area contributed by atoms with Crippen molar-refractivity contribution in [2.45, 2.75) is 39.7 Å². The SMILES string of the molecule is CC1=C(NC(=O)OC(C)(C)C)C=NCC1. The van der Waals surface area contributed by atoms with Crippen molar-refractivity contribution in [1.29, 1.82) is 0 Å². The van der Waals surface area contributed by atoms with Crippen LogP contribution in [0.4, 0.5) is 4.79 Å². The van der Waals surface area contributed by atoms with Crippen LogP contribution in [0.5, 0.6) is 0 Å². The number of dihydropyridines is 1. The van der Waals surface area contributed by atoms with Crippen LogP contribution in [0.15, 0.2) is 16.3 Å². The third-order valence-corrected chi connectivity index (χ3v) is 1.93. The van der Waals surface area contributed by atoms with Gasteiger partial charge in [-0.1, -0.05) is 0 Å². The molecule has 0 saturated carbocycles. The van der Waals surface area contributed by atoms with Gasteiger partial charge in [0.1, 0.15) is 5.60 Å². The van der Waals surface area contributed by atoms with Crippen LogP contribution in [0, 0.1) is 0 Å². The fourth-order valence-electron chi connectivity index (χ4n) is 1.19. The third-order valence-electron chi connectivity index (χ3n) is 1.93. The smallest absolute Gasteiger partial charge is 0.412 e. The maximum absolute atomic E-state index is 11.4. The number of nitrogens with zero attached hydrogens (tertiary/aromatic N) is 1. The molecule has 0 bridgehead atoms. The fraction of sp³-hybridized carbons (Fsp3) is 0.636. The first-order chi connectivity index (χ1) is 6.88. The predicted octanol–water partition coefficient (Wildman–Crippen LogP) is 2.26. The van der Waals surface area contributed by atoms with Crippen molar-refractivity contribution in [3.63, 3.8) is 0 Å². The summed E-state index contributed by atoms with van der Waals surface area (Å²) in [7, 11) is 0. The van der Waals surface area contributed by atoms with Crippen molar-refractivity contribution in [2.75, 3.05) is 6.54 Å². The van der Waals surface area contributed by atoms with E-state index in [0.29, 0.717) is 0 Å². The van der Waals surface area contributed by atoms with Crippen LogP contribution < -0.4 is 5.32 Å². The Labute approximate surface area is 90.4 Å². The van der Waals surface area contributed by atoms with E-state index in [0.717, 1.165) is 24.2 Å². The molecule has 1 N–H and O–H groups in total. The highest BCUT2D eigenvalue weighted by atomic mass is 16.6. The predicted molar refractivity (Wildman–Crippen MR) is 60.0 cm³/mol. The Bertz CT molecular complexity index is 311. The van der Waals surface area contributed by atoms with Gasteiger partial charge in [-0.15, -0.1) is 0 Å². The molecule has 0 aromatic heterocycles. The Morgan fingerprint density at radius 1 is 1.53 bits per heavy atom. The minimum absolute atomic E-state index is 0.426. The molecule has 15 heavy (non-hydrogen) atoms. The molecule has 1 amide bonds. The number of nitrogens with one attached hydrogen (secondary N) is 1. The van der Waals surface area contributed by atoms with Gasteiger partial charge in [0.15, 0.2) is 0 Å². The lowest BCUT2D eigenvalue weighted by molar-refractivity contribution is 0.0548. The van der Waals surface area contributed by atoms with E-state index in [1.54, 1.807) is 6.21 Å². The Hall–Kier alpha value is -1.32. The summed E-state index contributed by atoms with van der Waals surface area (Å²) in [5.41, 5.74) is 1.43. The van der Waals surface area contributed by atoms with E-state index in [1.165, 1.54) is 0 Å². The topological polar surface area (TPSA) is 50.7 Å². The second kappa shape index (κ2) is 4.47. The Morgan fingerprint density at radius 2 is 2.20 bits per heavy atom. The molecule has 4 nitrogen and oxygen atoms in total. The highest BCUT2D eigenvalue weighted by Crippen LogP contribution is 2.11. The standard InChI is InChI=1S/C11H18N2O2/c1-8-5-6-12-7-9(8)13-10(14)15-11(2,3)4/h7H,5-6H2,1-4H3,(H,13,14). The average molecular weight is 210 g/mol. The number of allylic oxidation sites excluding steroid dienone is 1. The number of hydrogen-bond acceptors (Lipinski definition) is 3. The van der Waals surface area contributed by atoms with Gasteiger partial charge in [-0.25, -0.2) is 4.79 Å². The third kappa shape index (κ3) is 4.14. The maximum Gasteiger partial charge on any atom is 0.412 e. The highest BCUT2D eigenvalue weighted by Gasteiger charge is 2.17. The lowest BCUT2D eigenvalue weighted by Gasteiger charge is -2.21. The average Bonchev–Trinajstić information content (AvgIpc) is 2.05. The molecule has 0 radical (unpaired) electrons. The molecule has 4 heteroatoms. The quantitative estimate of drug-likeness (QED) is 0.721. The molecule has 1 heterocycles. The van der Waals surface area contributed by atoms with Gasteiger partial charge in [0, 0.05) is 12.8 Å². The van der Waals surface area contributed by atoms with Crippen LogP contribution >= 0.6 is 0 Å². The van der Waals surface area contributed by atoms with E-state index in [4.69, 9.17) is 4.74 Å². The second-order valence-electron chi connectivity index (χ2n) is 4.61. The first-order valence-corrected chi connectivity index (χ1v) is 5.08. The summed E-state index contributed by atoms with van der Waals surface area (Å²) < 4.78 is 5.14. The summed E-state index contributed by atoms with van der Waals surface area (Å²) in [5, 5.41) is 2.69. The molecule has 0 aliphatic carbocycles. The first-order valence-electron chi connectivity index (χ1n) is 5.08. The second-order valence-corrected chi connectivity index (χ2v) is 4.61. The lowest BCUT2D eigenvalue weighted by atomic mass is 10.1. The zero-order chi connectivity index (χ0) is 11.5. The molecule has 0 fully saturated rings. The zero-order valence-corrected chi connectivity index (χ0v) is 9.76. The Morgan fingerprint density at radius 3 is 2.73 bits per heavy atom. The highest BCUT2D eigenvalue weighted by molar-refractivity contribution is 5.86. The number of carbonyl (C=O) groups is 1. The van der Waals surface area contributed by atoms with Crippen molar-refractivity contribution in [1.82, 2.24) is 5.32 Å². The number of rotatable bonds is 1. The fourth-order valence-corrected chi connectivity index (χ4v) is 1.19. The Balaban J connectivity index is 2.55. The number of aliphatic imine (C=N–C) groups is 1. The molecule has 0 aromatic rings. The van der Waals surface area contributed by atoms with Crippen LogP contribution in [0.3, 0.4) is 0 Å². The van der Waals surface area contributed by atoms with Crippen LogP contribution in [-0.4, -0.2) is 24.5 Å². The van der Waals surface area contributed by atoms with Gasteiger partial charge in [0.05, 0.1) is 5.70 Å². The van der Waals surface area contributed by atoms with Gasteiger partial charge >= 0.3 is 6.09 Å². The number of carbonyl (C=O) groups excluding carboxylic acids is 1. The van der Waals surface area contributed by atoms with Crippen LogP contribution in [0.2, 0.25) is 0 Å². The molecule has 1 aliphatic rings. The summed E-state index contributed by atoms with van der Waals surface area (Å²) in [6, 6.07) is 0. The summed E-state index contributed by atoms with van der Waals surface area (Å²) in [6.45, 7) is 8.29. The minimum Gasteiger partial charge on any atom is -0.444 e. The van der Waals surface area contributed by atoms with Crippen LogP contribution in [0.1, 0.15) is 34.1 Å². The van der Waals surface area contributed by atoms with Gasteiger partial charge in [0.2, 0.25) is 0 Å². The largest absolute Gasteiger partial charge is 0.444 e. The van der Waals surface area contributed by atoms with Crippen molar-refractivity contribution in [3.05, 3.63) is 11.3 Å². The Kier molecular flexibility index (Phi) is 3.50. The number of alkyl carbamates (subject to hydrolysis) is 1. The summed E-state index contributed by atoms with van der Waals surface area (Å²) in [6.07, 6.45) is 2.15. The summed E-state index contributed by atoms with van der Waals surface area (Å²) in [4.78, 5) is 15.5. The van der Waals surface area contributed by atoms with Crippen molar-refractivity contribution in [3.8, 4) is 0 Å². The molecule has 0 saturated heterocycles. The molecule has 0 atom stereocenters. The zero-order valence-electron chi connectivity index (χ0n) is 9.76. The summed E-state index contributed by atoms with van der Waals surface area (Å²) >= 11 is 0. The number of hydrogen-bond donors (Lipinski definition) is 1. The number of ether oxygens (including phenoxy) is 1. The van der Waals surface area contributed by atoms with Gasteiger partial charge in [-0.3, -0.25) is 10.3 Å². The van der Waals surface area contributed by atoms with E-state index < -0.39 is 11.7 Å².